The third-order valence-corrected chi connectivity index (χ3v) is 4.82. The second kappa shape index (κ2) is 7.96. The van der Waals surface area contributed by atoms with E-state index in [1.807, 2.05) is 11.0 Å². The van der Waals surface area contributed by atoms with E-state index >= 15 is 0 Å². The quantitative estimate of drug-likeness (QED) is 0.920. The van der Waals surface area contributed by atoms with Gasteiger partial charge in [-0.3, -0.25) is 14.6 Å². The number of aromatic amines is 1. The van der Waals surface area contributed by atoms with Crippen molar-refractivity contribution in [2.24, 2.45) is 0 Å². The second-order valence-corrected chi connectivity index (χ2v) is 6.47. The van der Waals surface area contributed by atoms with E-state index in [1.165, 1.54) is 22.4 Å². The third kappa shape index (κ3) is 4.47. The highest BCUT2D eigenvalue weighted by atomic mass is 16.2. The van der Waals surface area contributed by atoms with Crippen LogP contribution in [-0.4, -0.2) is 33.4 Å². The zero-order chi connectivity index (χ0) is 17.6. The first-order valence-corrected chi connectivity index (χ1v) is 8.76. The summed E-state index contributed by atoms with van der Waals surface area (Å²) in [5.41, 5.74) is 0.448. The van der Waals surface area contributed by atoms with E-state index in [1.54, 1.807) is 0 Å². The molecule has 1 amide bonds. The molecule has 1 aromatic carbocycles. The molecule has 1 aliphatic rings. The molecular formula is C19H23N3O3. The number of likely N-dealkylation sites (tertiary alicyclic amines) is 1. The Morgan fingerprint density at radius 2 is 1.88 bits per heavy atom. The summed E-state index contributed by atoms with van der Waals surface area (Å²) in [7, 11) is 0. The van der Waals surface area contributed by atoms with Gasteiger partial charge in [0.05, 0.1) is 0 Å². The van der Waals surface area contributed by atoms with Crippen molar-refractivity contribution < 1.29 is 4.79 Å². The largest absolute Gasteiger partial charge is 0.343 e. The van der Waals surface area contributed by atoms with Crippen LogP contribution in [0.1, 0.15) is 37.2 Å². The zero-order valence-electron chi connectivity index (χ0n) is 14.2. The normalized spacial score (nSPS) is 17.9. The van der Waals surface area contributed by atoms with E-state index in [4.69, 9.17) is 0 Å². The van der Waals surface area contributed by atoms with E-state index in [-0.39, 0.29) is 18.9 Å². The molecule has 6 nitrogen and oxygen atoms in total. The maximum Gasteiger partial charge on any atom is 0.328 e. The van der Waals surface area contributed by atoms with Crippen molar-refractivity contribution in [3.63, 3.8) is 0 Å². The molecule has 25 heavy (non-hydrogen) atoms. The van der Waals surface area contributed by atoms with Crippen LogP contribution >= 0.6 is 0 Å². The average molecular weight is 341 g/mol. The van der Waals surface area contributed by atoms with E-state index in [0.29, 0.717) is 5.92 Å². The Morgan fingerprint density at radius 1 is 1.08 bits per heavy atom. The minimum absolute atomic E-state index is 0.0619. The number of nitrogens with one attached hydrogen (secondary N) is 1. The van der Waals surface area contributed by atoms with Crippen LogP contribution < -0.4 is 11.2 Å². The van der Waals surface area contributed by atoms with Crippen LogP contribution in [0.2, 0.25) is 0 Å². The smallest absolute Gasteiger partial charge is 0.328 e. The maximum absolute atomic E-state index is 12.5. The Balaban J connectivity index is 1.56. The first kappa shape index (κ1) is 17.2. The van der Waals surface area contributed by atoms with Gasteiger partial charge in [0.15, 0.2) is 0 Å². The highest BCUT2D eigenvalue weighted by Gasteiger charge is 2.21. The van der Waals surface area contributed by atoms with Crippen molar-refractivity contribution in [3.8, 4) is 0 Å². The number of carbonyl (C=O) groups excluding carboxylic acids is 1. The van der Waals surface area contributed by atoms with Crippen molar-refractivity contribution in [3.05, 3.63) is 69.0 Å². The Hall–Kier alpha value is -2.63. The van der Waals surface area contributed by atoms with Crippen LogP contribution in [0.3, 0.4) is 0 Å². The van der Waals surface area contributed by atoms with Crippen molar-refractivity contribution in [1.29, 1.82) is 0 Å². The molecule has 1 N–H and O–H groups in total. The Kier molecular flexibility index (Phi) is 5.48. The van der Waals surface area contributed by atoms with Gasteiger partial charge in [0, 0.05) is 38.3 Å². The average Bonchev–Trinajstić information content (AvgIpc) is 2.88. The van der Waals surface area contributed by atoms with Crippen molar-refractivity contribution >= 4 is 5.91 Å². The number of rotatable bonds is 4. The highest BCUT2D eigenvalue weighted by Crippen LogP contribution is 2.27. The number of benzene rings is 1. The van der Waals surface area contributed by atoms with Gasteiger partial charge in [-0.15, -0.1) is 0 Å². The van der Waals surface area contributed by atoms with Gasteiger partial charge in [-0.05, 0) is 30.7 Å². The van der Waals surface area contributed by atoms with Crippen molar-refractivity contribution in [1.82, 2.24) is 14.5 Å². The van der Waals surface area contributed by atoms with Crippen LogP contribution in [0.5, 0.6) is 0 Å². The molecule has 2 aromatic rings. The van der Waals surface area contributed by atoms with Gasteiger partial charge in [0.25, 0.3) is 5.56 Å². The molecule has 0 bridgehead atoms. The van der Waals surface area contributed by atoms with Crippen LogP contribution in [0, 0.1) is 0 Å². The number of amides is 1. The summed E-state index contributed by atoms with van der Waals surface area (Å²) in [6.45, 7) is 1.80. The highest BCUT2D eigenvalue weighted by molar-refractivity contribution is 5.76. The summed E-state index contributed by atoms with van der Waals surface area (Å²) in [4.78, 5) is 39.3. The summed E-state index contributed by atoms with van der Waals surface area (Å²) < 4.78 is 1.36. The molecule has 1 aromatic heterocycles. The summed E-state index contributed by atoms with van der Waals surface area (Å²) in [5.74, 6) is 0.563. The van der Waals surface area contributed by atoms with Crippen LogP contribution in [-0.2, 0) is 11.3 Å². The van der Waals surface area contributed by atoms with Gasteiger partial charge in [-0.25, -0.2) is 4.79 Å². The molecule has 0 unspecified atom stereocenters. The van der Waals surface area contributed by atoms with Crippen molar-refractivity contribution in [2.45, 2.75) is 38.1 Å². The minimum Gasteiger partial charge on any atom is -0.343 e. The number of carbonyl (C=O) groups is 1. The zero-order valence-corrected chi connectivity index (χ0v) is 14.2. The van der Waals surface area contributed by atoms with E-state index in [9.17, 15) is 14.4 Å². The lowest BCUT2D eigenvalue weighted by atomic mass is 9.92. The number of nitrogens with zero attached hydrogens (tertiary/aromatic N) is 2. The predicted molar refractivity (Wildman–Crippen MR) is 95.6 cm³/mol. The maximum atomic E-state index is 12.5. The monoisotopic (exact) mass is 341 g/mol. The third-order valence-electron chi connectivity index (χ3n) is 4.82. The number of hydrogen-bond acceptors (Lipinski definition) is 3. The summed E-state index contributed by atoms with van der Waals surface area (Å²) in [5, 5.41) is 0. The summed E-state index contributed by atoms with van der Waals surface area (Å²) in [6.07, 6.45) is 4.75. The van der Waals surface area contributed by atoms with Crippen molar-refractivity contribution in [2.75, 3.05) is 13.1 Å². The van der Waals surface area contributed by atoms with E-state index in [2.05, 4.69) is 29.2 Å². The molecule has 0 spiro atoms. The molecule has 0 saturated carbocycles. The Bertz CT molecular complexity index is 826. The minimum atomic E-state index is -0.472. The first-order chi connectivity index (χ1) is 12.1. The van der Waals surface area contributed by atoms with Gasteiger partial charge in [0.1, 0.15) is 0 Å². The van der Waals surface area contributed by atoms with Gasteiger partial charge >= 0.3 is 5.69 Å². The van der Waals surface area contributed by atoms with Gasteiger partial charge in [-0.1, -0.05) is 30.3 Å². The molecule has 1 saturated heterocycles. The molecule has 0 aliphatic carbocycles. The molecule has 0 radical (unpaired) electrons. The molecule has 1 atom stereocenters. The lowest BCUT2D eigenvalue weighted by Crippen LogP contribution is -2.34. The summed E-state index contributed by atoms with van der Waals surface area (Å²) >= 11 is 0. The Morgan fingerprint density at radius 3 is 2.64 bits per heavy atom. The van der Waals surface area contributed by atoms with Crippen LogP contribution in [0.15, 0.2) is 52.2 Å². The van der Waals surface area contributed by atoms with Crippen LogP contribution in [0.4, 0.5) is 0 Å². The number of aromatic nitrogens is 2. The number of hydrogen-bond donors (Lipinski definition) is 1. The van der Waals surface area contributed by atoms with Gasteiger partial charge in [0.2, 0.25) is 5.91 Å². The molecule has 2 heterocycles. The lowest BCUT2D eigenvalue weighted by molar-refractivity contribution is -0.131. The lowest BCUT2D eigenvalue weighted by Gasteiger charge is -2.21. The molecule has 3 rings (SSSR count). The standard InChI is InChI=1S/C19H23N3O3/c23-17-9-13-22(19(25)20-17)14-10-18(24)21-11-4-7-16(8-12-21)15-5-2-1-3-6-15/h1-3,5-6,9,13,16H,4,7-8,10-12,14H2,(H,20,23,25)/t16-/m0/s1. The number of aryl methyl sites for hydroxylation is 1. The van der Waals surface area contributed by atoms with Gasteiger partial charge < -0.3 is 9.47 Å². The predicted octanol–water partition coefficient (Wildman–Crippen LogP) is 1.72. The fourth-order valence-corrected chi connectivity index (χ4v) is 3.40. The van der Waals surface area contributed by atoms with E-state index < -0.39 is 11.2 Å². The topological polar surface area (TPSA) is 75.2 Å². The molecule has 6 heteroatoms. The molecule has 1 fully saturated rings. The fraction of sp³-hybridized carbons (Fsp3) is 0.421. The molecule has 132 valence electrons. The SMILES string of the molecule is O=C(CCn1ccc(=O)[nH]c1=O)N1CCC[C@H](c2ccccc2)CC1. The summed E-state index contributed by atoms with van der Waals surface area (Å²) in [6, 6.07) is 11.8. The van der Waals surface area contributed by atoms with E-state index in [0.717, 1.165) is 32.4 Å². The van der Waals surface area contributed by atoms with Crippen LogP contribution in [0.25, 0.3) is 0 Å². The van der Waals surface area contributed by atoms with Gasteiger partial charge in [-0.2, -0.15) is 0 Å². The molecule has 1 aliphatic heterocycles. The fourth-order valence-electron chi connectivity index (χ4n) is 3.40. The second-order valence-electron chi connectivity index (χ2n) is 6.47. The molecular weight excluding hydrogens is 318 g/mol. The Labute approximate surface area is 146 Å². The number of H-pyrrole nitrogens is 1. The first-order valence-electron chi connectivity index (χ1n) is 8.76.